The second kappa shape index (κ2) is 9.82. The van der Waals surface area contributed by atoms with Gasteiger partial charge in [-0.05, 0) is 44.2 Å². The molecule has 1 N–H and O–H groups in total. The number of hydrogen-bond donors (Lipinski definition) is 1. The molecule has 6 nitrogen and oxygen atoms in total. The third-order valence-electron chi connectivity index (χ3n) is 5.00. The highest BCUT2D eigenvalue weighted by molar-refractivity contribution is 7.92. The van der Waals surface area contributed by atoms with Crippen molar-refractivity contribution in [1.82, 2.24) is 5.32 Å². The highest BCUT2D eigenvalue weighted by atomic mass is 32.2. The van der Waals surface area contributed by atoms with Crippen LogP contribution in [0.15, 0.2) is 77.7 Å². The van der Waals surface area contributed by atoms with Crippen molar-refractivity contribution >= 4 is 21.6 Å². The van der Waals surface area contributed by atoms with E-state index >= 15 is 0 Å². The van der Waals surface area contributed by atoms with Gasteiger partial charge >= 0.3 is 0 Å². The summed E-state index contributed by atoms with van der Waals surface area (Å²) in [6, 6.07) is 18.4. The Bertz CT molecular complexity index is 1200. The summed E-state index contributed by atoms with van der Waals surface area (Å²) in [6.07, 6.45) is 0. The van der Waals surface area contributed by atoms with Gasteiger partial charge in [0.1, 0.15) is 18.1 Å². The second-order valence-corrected chi connectivity index (χ2v) is 9.17. The summed E-state index contributed by atoms with van der Waals surface area (Å²) in [5.74, 6) is -0.727. The van der Waals surface area contributed by atoms with Gasteiger partial charge in [-0.1, -0.05) is 48.0 Å². The second-order valence-electron chi connectivity index (χ2n) is 7.31. The van der Waals surface area contributed by atoms with Crippen LogP contribution in [0.4, 0.5) is 10.1 Å². The van der Waals surface area contributed by atoms with Gasteiger partial charge in [0, 0.05) is 5.56 Å². The van der Waals surface area contributed by atoms with Crippen LogP contribution in [0.25, 0.3) is 0 Å². The Morgan fingerprint density at radius 1 is 1.03 bits per heavy atom. The standard InChI is InChI=1S/C24H25FN2O4S/c1-17-12-14-19(15-13-17)32(29,30)27(22-10-6-5-9-21(22)25)16-24(28)26-18(2)20-8-4-7-11-23(20)31-3/h4-15,18H,16H2,1-3H3,(H,26,28)/t18-/m1/s1. The molecule has 0 bridgehead atoms. The maximum Gasteiger partial charge on any atom is 0.264 e. The van der Waals surface area contributed by atoms with Gasteiger partial charge in [-0.15, -0.1) is 0 Å². The first-order valence-corrected chi connectivity index (χ1v) is 11.4. The zero-order chi connectivity index (χ0) is 23.3. The predicted octanol–water partition coefficient (Wildman–Crippen LogP) is 4.22. The normalized spacial score (nSPS) is 12.1. The quantitative estimate of drug-likeness (QED) is 0.551. The van der Waals surface area contributed by atoms with Gasteiger partial charge in [0.25, 0.3) is 10.0 Å². The molecule has 1 atom stereocenters. The maximum absolute atomic E-state index is 14.6. The number of nitrogens with one attached hydrogen (secondary N) is 1. The first-order valence-electron chi connectivity index (χ1n) is 10.00. The number of nitrogens with zero attached hydrogens (tertiary/aromatic N) is 1. The Hall–Kier alpha value is -3.39. The minimum absolute atomic E-state index is 0.0306. The monoisotopic (exact) mass is 456 g/mol. The number of aryl methyl sites for hydroxylation is 1. The zero-order valence-electron chi connectivity index (χ0n) is 18.1. The van der Waals surface area contributed by atoms with Crippen LogP contribution in [0.5, 0.6) is 5.75 Å². The Labute approximate surface area is 187 Å². The Morgan fingerprint density at radius 3 is 2.31 bits per heavy atom. The summed E-state index contributed by atoms with van der Waals surface area (Å²) >= 11 is 0. The summed E-state index contributed by atoms with van der Waals surface area (Å²) in [6.45, 7) is 3.01. The summed E-state index contributed by atoms with van der Waals surface area (Å²) < 4.78 is 47.4. The fraction of sp³-hybridized carbons (Fsp3) is 0.208. The third-order valence-corrected chi connectivity index (χ3v) is 6.77. The first kappa shape index (κ1) is 23.3. The molecule has 168 valence electrons. The van der Waals surface area contributed by atoms with E-state index in [0.29, 0.717) is 5.75 Å². The molecule has 0 heterocycles. The van der Waals surface area contributed by atoms with Gasteiger partial charge in [0.15, 0.2) is 0 Å². The lowest BCUT2D eigenvalue weighted by atomic mass is 10.1. The topological polar surface area (TPSA) is 75.7 Å². The van der Waals surface area contributed by atoms with Crippen LogP contribution in [0, 0.1) is 12.7 Å². The van der Waals surface area contributed by atoms with Crippen molar-refractivity contribution in [1.29, 1.82) is 0 Å². The molecule has 3 rings (SSSR count). The largest absolute Gasteiger partial charge is 0.496 e. The number of hydrogen-bond acceptors (Lipinski definition) is 4. The number of halogens is 1. The van der Waals surface area contributed by atoms with Crippen LogP contribution in [-0.4, -0.2) is 28.0 Å². The minimum atomic E-state index is -4.19. The number of carbonyl (C=O) groups excluding carboxylic acids is 1. The molecule has 3 aromatic carbocycles. The van der Waals surface area contributed by atoms with Crippen LogP contribution in [0.3, 0.4) is 0 Å². The number of sulfonamides is 1. The van der Waals surface area contributed by atoms with Crippen LogP contribution in [0.2, 0.25) is 0 Å². The van der Waals surface area contributed by atoms with Crippen LogP contribution < -0.4 is 14.4 Å². The highest BCUT2D eigenvalue weighted by Crippen LogP contribution is 2.27. The first-order chi connectivity index (χ1) is 15.2. The molecule has 0 aliphatic carbocycles. The van der Waals surface area contributed by atoms with E-state index in [1.165, 1.54) is 37.4 Å². The van der Waals surface area contributed by atoms with Gasteiger partial charge in [-0.25, -0.2) is 12.8 Å². The van der Waals surface area contributed by atoms with Crippen molar-refractivity contribution in [2.45, 2.75) is 24.8 Å². The molecule has 0 radical (unpaired) electrons. The van der Waals surface area contributed by atoms with E-state index in [1.807, 2.05) is 25.1 Å². The summed E-state index contributed by atoms with van der Waals surface area (Å²) in [4.78, 5) is 12.8. The molecule has 0 spiro atoms. The van der Waals surface area contributed by atoms with Gasteiger partial charge in [-0.3, -0.25) is 9.10 Å². The molecule has 0 aliphatic rings. The van der Waals surface area contributed by atoms with Crippen molar-refractivity contribution in [2.24, 2.45) is 0 Å². The molecule has 8 heteroatoms. The minimum Gasteiger partial charge on any atom is -0.496 e. The summed E-state index contributed by atoms with van der Waals surface area (Å²) in [5, 5.41) is 2.78. The molecule has 0 unspecified atom stereocenters. The molecule has 0 aliphatic heterocycles. The van der Waals surface area contributed by atoms with Crippen molar-refractivity contribution in [3.05, 3.63) is 89.7 Å². The lowest BCUT2D eigenvalue weighted by molar-refractivity contribution is -0.120. The van der Waals surface area contributed by atoms with Crippen molar-refractivity contribution < 1.29 is 22.3 Å². The maximum atomic E-state index is 14.6. The molecule has 3 aromatic rings. The molecule has 0 saturated heterocycles. The van der Waals surface area contributed by atoms with E-state index in [4.69, 9.17) is 4.74 Å². The Morgan fingerprint density at radius 2 is 1.66 bits per heavy atom. The highest BCUT2D eigenvalue weighted by Gasteiger charge is 2.29. The third kappa shape index (κ3) is 5.08. The van der Waals surface area contributed by atoms with Crippen molar-refractivity contribution in [3.63, 3.8) is 0 Å². The summed E-state index contributed by atoms with van der Waals surface area (Å²) in [5.41, 5.74) is 1.42. The van der Waals surface area contributed by atoms with Crippen LogP contribution in [0.1, 0.15) is 24.1 Å². The molecule has 0 aromatic heterocycles. The van der Waals surface area contributed by atoms with E-state index in [1.54, 1.807) is 25.1 Å². The average molecular weight is 457 g/mol. The molecule has 0 saturated carbocycles. The smallest absolute Gasteiger partial charge is 0.264 e. The van der Waals surface area contributed by atoms with Gasteiger partial charge < -0.3 is 10.1 Å². The molecule has 1 amide bonds. The number of anilines is 1. The Kier molecular flexibility index (Phi) is 7.15. The SMILES string of the molecule is COc1ccccc1[C@@H](C)NC(=O)CN(c1ccccc1F)S(=O)(=O)c1ccc(C)cc1. The number of carbonyl (C=O) groups is 1. The zero-order valence-corrected chi connectivity index (χ0v) is 18.9. The average Bonchev–Trinajstić information content (AvgIpc) is 2.78. The van der Waals surface area contributed by atoms with E-state index < -0.39 is 34.3 Å². The number of ether oxygens (including phenoxy) is 1. The van der Waals surface area contributed by atoms with Gasteiger partial charge in [0.2, 0.25) is 5.91 Å². The Balaban J connectivity index is 1.92. The number of benzene rings is 3. The van der Waals surface area contributed by atoms with E-state index in [2.05, 4.69) is 5.32 Å². The fourth-order valence-corrected chi connectivity index (χ4v) is 4.74. The number of amides is 1. The van der Waals surface area contributed by atoms with E-state index in [0.717, 1.165) is 21.5 Å². The lowest BCUT2D eigenvalue weighted by Gasteiger charge is -2.25. The number of methoxy groups -OCH3 is 1. The number of rotatable bonds is 8. The van der Waals surface area contributed by atoms with Gasteiger partial charge in [-0.2, -0.15) is 0 Å². The van der Waals surface area contributed by atoms with Crippen molar-refractivity contribution in [3.8, 4) is 5.75 Å². The molecule has 32 heavy (non-hydrogen) atoms. The van der Waals surface area contributed by atoms with Crippen LogP contribution >= 0.6 is 0 Å². The molecular formula is C24H25FN2O4S. The fourth-order valence-electron chi connectivity index (χ4n) is 3.31. The van der Waals surface area contributed by atoms with Crippen molar-refractivity contribution in [2.75, 3.05) is 18.0 Å². The number of para-hydroxylation sites is 2. The lowest BCUT2D eigenvalue weighted by Crippen LogP contribution is -2.42. The molecular weight excluding hydrogens is 431 g/mol. The van der Waals surface area contributed by atoms with Crippen LogP contribution in [-0.2, 0) is 14.8 Å². The summed E-state index contributed by atoms with van der Waals surface area (Å²) in [7, 11) is -2.66. The van der Waals surface area contributed by atoms with Gasteiger partial charge in [0.05, 0.1) is 23.7 Å². The predicted molar refractivity (Wildman–Crippen MR) is 122 cm³/mol. The molecule has 0 fully saturated rings. The van der Waals surface area contributed by atoms with E-state index in [-0.39, 0.29) is 10.6 Å². The van der Waals surface area contributed by atoms with E-state index in [9.17, 15) is 17.6 Å².